The van der Waals surface area contributed by atoms with Gasteiger partial charge in [0.1, 0.15) is 0 Å². The lowest BCUT2D eigenvalue weighted by Crippen LogP contribution is -2.30. The molecule has 1 heterocycles. The molecule has 1 saturated heterocycles. The van der Waals surface area contributed by atoms with Crippen LogP contribution in [-0.4, -0.2) is 30.1 Å². The van der Waals surface area contributed by atoms with Crippen molar-refractivity contribution in [2.75, 3.05) is 18.4 Å². The summed E-state index contributed by atoms with van der Waals surface area (Å²) >= 11 is 0. The SMILES string of the molecule is O=C(O)Cc1ccccc1NC(=O)CCC1CCCNC1. The Labute approximate surface area is 124 Å². The summed E-state index contributed by atoms with van der Waals surface area (Å²) in [4.78, 5) is 22.8. The van der Waals surface area contributed by atoms with Gasteiger partial charge in [0.15, 0.2) is 0 Å². The molecule has 1 atom stereocenters. The number of carbonyl (C=O) groups excluding carboxylic acids is 1. The molecule has 5 heteroatoms. The molecule has 2 rings (SSSR count). The number of nitrogens with one attached hydrogen (secondary N) is 2. The molecule has 5 nitrogen and oxygen atoms in total. The number of aliphatic carboxylic acids is 1. The summed E-state index contributed by atoms with van der Waals surface area (Å²) in [5.41, 5.74) is 1.24. The average molecular weight is 290 g/mol. The Morgan fingerprint density at radius 2 is 2.14 bits per heavy atom. The fraction of sp³-hybridized carbons (Fsp3) is 0.500. The zero-order valence-corrected chi connectivity index (χ0v) is 12.1. The van der Waals surface area contributed by atoms with E-state index in [-0.39, 0.29) is 12.3 Å². The van der Waals surface area contributed by atoms with E-state index in [9.17, 15) is 9.59 Å². The number of anilines is 1. The predicted octanol–water partition coefficient (Wildman–Crippen LogP) is 2.03. The molecule has 0 aromatic heterocycles. The minimum atomic E-state index is -0.898. The Balaban J connectivity index is 1.85. The first-order valence-corrected chi connectivity index (χ1v) is 7.45. The average Bonchev–Trinajstić information content (AvgIpc) is 2.48. The van der Waals surface area contributed by atoms with Crippen molar-refractivity contribution < 1.29 is 14.7 Å². The summed E-state index contributed by atoms with van der Waals surface area (Å²) in [5, 5.41) is 15.1. The third-order valence-electron chi connectivity index (χ3n) is 3.81. The number of piperidine rings is 1. The van der Waals surface area contributed by atoms with Gasteiger partial charge in [-0.3, -0.25) is 9.59 Å². The van der Waals surface area contributed by atoms with Crippen LogP contribution >= 0.6 is 0 Å². The van der Waals surface area contributed by atoms with Gasteiger partial charge in [-0.2, -0.15) is 0 Å². The van der Waals surface area contributed by atoms with Gasteiger partial charge < -0.3 is 15.7 Å². The quantitative estimate of drug-likeness (QED) is 0.749. The van der Waals surface area contributed by atoms with Gasteiger partial charge in [0.25, 0.3) is 0 Å². The van der Waals surface area contributed by atoms with Crippen LogP contribution in [0, 0.1) is 5.92 Å². The predicted molar refractivity (Wildman–Crippen MR) is 81.2 cm³/mol. The normalized spacial score (nSPS) is 18.2. The maximum absolute atomic E-state index is 12.0. The molecule has 0 saturated carbocycles. The molecule has 0 bridgehead atoms. The van der Waals surface area contributed by atoms with E-state index in [1.54, 1.807) is 24.3 Å². The minimum Gasteiger partial charge on any atom is -0.481 e. The van der Waals surface area contributed by atoms with Crippen LogP contribution in [0.2, 0.25) is 0 Å². The van der Waals surface area contributed by atoms with Crippen molar-refractivity contribution in [2.24, 2.45) is 5.92 Å². The number of carboxylic acid groups (broad SMARTS) is 1. The lowest BCUT2D eigenvalue weighted by atomic mass is 9.94. The fourth-order valence-electron chi connectivity index (χ4n) is 2.68. The van der Waals surface area contributed by atoms with Gasteiger partial charge in [0.2, 0.25) is 5.91 Å². The zero-order valence-electron chi connectivity index (χ0n) is 12.1. The molecule has 0 radical (unpaired) electrons. The Morgan fingerprint density at radius 3 is 2.86 bits per heavy atom. The summed E-state index contributed by atoms with van der Waals surface area (Å²) in [5.74, 6) is -0.373. The van der Waals surface area contributed by atoms with Crippen LogP contribution in [0.25, 0.3) is 0 Å². The number of amides is 1. The standard InChI is InChI=1S/C16H22N2O3/c19-15(8-7-12-4-3-9-17-11-12)18-14-6-2-1-5-13(14)10-16(20)21/h1-2,5-6,12,17H,3-4,7-11H2,(H,18,19)(H,20,21). The molecular weight excluding hydrogens is 268 g/mol. The Hall–Kier alpha value is -1.88. The number of benzene rings is 1. The Bertz CT molecular complexity index is 496. The third-order valence-corrected chi connectivity index (χ3v) is 3.81. The van der Waals surface area contributed by atoms with Crippen LogP contribution in [0.3, 0.4) is 0 Å². The molecule has 1 aliphatic heterocycles. The van der Waals surface area contributed by atoms with Gasteiger partial charge in [-0.25, -0.2) is 0 Å². The van der Waals surface area contributed by atoms with Crippen molar-refractivity contribution in [2.45, 2.75) is 32.1 Å². The molecule has 1 fully saturated rings. The van der Waals surface area contributed by atoms with Crippen LogP contribution in [0.15, 0.2) is 24.3 Å². The second-order valence-electron chi connectivity index (χ2n) is 5.53. The number of carboxylic acids is 1. The van der Waals surface area contributed by atoms with E-state index >= 15 is 0 Å². The number of hydrogen-bond acceptors (Lipinski definition) is 3. The second-order valence-corrected chi connectivity index (χ2v) is 5.53. The topological polar surface area (TPSA) is 78.4 Å². The summed E-state index contributed by atoms with van der Waals surface area (Å²) in [6, 6.07) is 7.06. The molecule has 114 valence electrons. The number of para-hydroxylation sites is 1. The van der Waals surface area contributed by atoms with Crippen LogP contribution in [0.5, 0.6) is 0 Å². The summed E-state index contributed by atoms with van der Waals surface area (Å²) in [6.45, 7) is 2.06. The van der Waals surface area contributed by atoms with Crippen molar-refractivity contribution in [3.05, 3.63) is 29.8 Å². The molecule has 1 aliphatic rings. The molecule has 1 aromatic carbocycles. The minimum absolute atomic E-state index is 0.0431. The maximum Gasteiger partial charge on any atom is 0.307 e. The van der Waals surface area contributed by atoms with Gasteiger partial charge in [-0.1, -0.05) is 18.2 Å². The van der Waals surface area contributed by atoms with Crippen LogP contribution in [0.4, 0.5) is 5.69 Å². The Kier molecular flexibility index (Phi) is 5.75. The van der Waals surface area contributed by atoms with Crippen molar-refractivity contribution in [3.8, 4) is 0 Å². The van der Waals surface area contributed by atoms with Gasteiger partial charge >= 0.3 is 5.97 Å². The van der Waals surface area contributed by atoms with Gasteiger partial charge in [0, 0.05) is 12.1 Å². The number of hydrogen-bond donors (Lipinski definition) is 3. The molecule has 3 N–H and O–H groups in total. The molecule has 0 spiro atoms. The van der Waals surface area contributed by atoms with Crippen LogP contribution < -0.4 is 10.6 Å². The highest BCUT2D eigenvalue weighted by Gasteiger charge is 2.15. The second kappa shape index (κ2) is 7.78. The Morgan fingerprint density at radius 1 is 1.33 bits per heavy atom. The smallest absolute Gasteiger partial charge is 0.307 e. The van der Waals surface area contributed by atoms with E-state index in [4.69, 9.17) is 5.11 Å². The van der Waals surface area contributed by atoms with Crippen LogP contribution in [0.1, 0.15) is 31.2 Å². The van der Waals surface area contributed by atoms with Crippen LogP contribution in [-0.2, 0) is 16.0 Å². The monoisotopic (exact) mass is 290 g/mol. The first-order chi connectivity index (χ1) is 10.1. The lowest BCUT2D eigenvalue weighted by Gasteiger charge is -2.22. The summed E-state index contributed by atoms with van der Waals surface area (Å²) in [7, 11) is 0. The number of carbonyl (C=O) groups is 2. The third kappa shape index (κ3) is 5.19. The number of rotatable bonds is 6. The first-order valence-electron chi connectivity index (χ1n) is 7.45. The summed E-state index contributed by atoms with van der Waals surface area (Å²) in [6.07, 6.45) is 3.63. The van der Waals surface area contributed by atoms with Crippen molar-refractivity contribution >= 4 is 17.6 Å². The molecule has 1 aromatic rings. The van der Waals surface area contributed by atoms with E-state index in [1.807, 2.05) is 0 Å². The highest BCUT2D eigenvalue weighted by atomic mass is 16.4. The molecular formula is C16H22N2O3. The van der Waals surface area contributed by atoms with E-state index in [1.165, 1.54) is 12.8 Å². The highest BCUT2D eigenvalue weighted by Crippen LogP contribution is 2.19. The van der Waals surface area contributed by atoms with Gasteiger partial charge in [-0.15, -0.1) is 0 Å². The van der Waals surface area contributed by atoms with Crippen molar-refractivity contribution in [3.63, 3.8) is 0 Å². The fourth-order valence-corrected chi connectivity index (χ4v) is 2.68. The summed E-state index contributed by atoms with van der Waals surface area (Å²) < 4.78 is 0. The first kappa shape index (κ1) is 15.5. The van der Waals surface area contributed by atoms with E-state index < -0.39 is 5.97 Å². The molecule has 1 unspecified atom stereocenters. The zero-order chi connectivity index (χ0) is 15.1. The highest BCUT2D eigenvalue weighted by molar-refractivity contribution is 5.92. The molecule has 0 aliphatic carbocycles. The van der Waals surface area contributed by atoms with Gasteiger partial charge in [0.05, 0.1) is 6.42 Å². The van der Waals surface area contributed by atoms with E-state index in [2.05, 4.69) is 10.6 Å². The van der Waals surface area contributed by atoms with E-state index in [0.29, 0.717) is 23.6 Å². The van der Waals surface area contributed by atoms with E-state index in [0.717, 1.165) is 19.5 Å². The maximum atomic E-state index is 12.0. The molecule has 21 heavy (non-hydrogen) atoms. The largest absolute Gasteiger partial charge is 0.481 e. The lowest BCUT2D eigenvalue weighted by molar-refractivity contribution is -0.136. The van der Waals surface area contributed by atoms with Crippen molar-refractivity contribution in [1.82, 2.24) is 5.32 Å². The molecule has 1 amide bonds. The van der Waals surface area contributed by atoms with Crippen molar-refractivity contribution in [1.29, 1.82) is 0 Å². The van der Waals surface area contributed by atoms with Gasteiger partial charge in [-0.05, 0) is 49.9 Å².